The van der Waals surface area contributed by atoms with E-state index in [4.69, 9.17) is 4.74 Å². The van der Waals surface area contributed by atoms with E-state index in [2.05, 4.69) is 0 Å². The van der Waals surface area contributed by atoms with Gasteiger partial charge < -0.3 is 4.74 Å². The van der Waals surface area contributed by atoms with Gasteiger partial charge in [0.05, 0.1) is 0 Å². The fourth-order valence-corrected chi connectivity index (χ4v) is 1.17. The molecule has 0 amide bonds. The Morgan fingerprint density at radius 3 is 2.73 bits per heavy atom. The molecule has 0 saturated carbocycles. The molecule has 0 aliphatic carbocycles. The number of hydrogen-bond acceptors (Lipinski definition) is 2. The van der Waals surface area contributed by atoms with Gasteiger partial charge in [-0.1, -0.05) is 43.3 Å². The zero-order chi connectivity index (χ0) is 10.9. The van der Waals surface area contributed by atoms with E-state index in [0.29, 0.717) is 13.0 Å². The third-order valence-electron chi connectivity index (χ3n) is 1.90. The Bertz CT molecular complexity index is 315. The van der Waals surface area contributed by atoms with Gasteiger partial charge in [0.25, 0.3) is 0 Å². The van der Waals surface area contributed by atoms with Crippen LogP contribution in [0, 0.1) is 0 Å². The second-order valence-corrected chi connectivity index (χ2v) is 3.25. The maximum atomic E-state index is 11.0. The molecule has 1 aromatic rings. The van der Waals surface area contributed by atoms with Crippen LogP contribution in [0.5, 0.6) is 0 Å². The average molecular weight is 204 g/mol. The van der Waals surface area contributed by atoms with Gasteiger partial charge in [-0.15, -0.1) is 0 Å². The van der Waals surface area contributed by atoms with E-state index in [-0.39, 0.29) is 5.97 Å². The predicted octanol–water partition coefficient (Wildman–Crippen LogP) is 3.04. The van der Waals surface area contributed by atoms with E-state index in [9.17, 15) is 4.79 Å². The maximum absolute atomic E-state index is 11.0. The molecular formula is C13H16O2. The third kappa shape index (κ3) is 5.01. The molecule has 0 atom stereocenters. The molecule has 0 spiro atoms. The van der Waals surface area contributed by atoms with E-state index in [1.807, 2.05) is 49.4 Å². The van der Waals surface area contributed by atoms with Crippen LogP contribution in [-0.4, -0.2) is 12.6 Å². The number of carbonyl (C=O) groups is 1. The Labute approximate surface area is 90.6 Å². The molecule has 0 aliphatic heterocycles. The first-order chi connectivity index (χ1) is 7.33. The average Bonchev–Trinajstić information content (AvgIpc) is 2.26. The van der Waals surface area contributed by atoms with E-state index >= 15 is 0 Å². The molecule has 1 aromatic carbocycles. The van der Waals surface area contributed by atoms with Crippen molar-refractivity contribution in [1.29, 1.82) is 0 Å². The van der Waals surface area contributed by atoms with Crippen LogP contribution in [0.4, 0.5) is 0 Å². The topological polar surface area (TPSA) is 26.3 Å². The first kappa shape index (κ1) is 11.5. The number of benzene rings is 1. The van der Waals surface area contributed by atoms with Gasteiger partial charge in [-0.3, -0.25) is 4.79 Å². The van der Waals surface area contributed by atoms with Crippen LogP contribution < -0.4 is 0 Å². The lowest BCUT2D eigenvalue weighted by Gasteiger charge is -1.98. The molecule has 80 valence electrons. The lowest BCUT2D eigenvalue weighted by molar-refractivity contribution is -0.142. The molecule has 2 nitrogen and oxygen atoms in total. The van der Waals surface area contributed by atoms with Crippen molar-refractivity contribution in [3.05, 3.63) is 42.0 Å². The molecule has 0 radical (unpaired) electrons. The summed E-state index contributed by atoms with van der Waals surface area (Å²) in [7, 11) is 0. The van der Waals surface area contributed by atoms with Crippen molar-refractivity contribution in [3.8, 4) is 0 Å². The number of ether oxygens (including phenoxy) is 1. The van der Waals surface area contributed by atoms with Crippen molar-refractivity contribution in [2.75, 3.05) is 6.61 Å². The molecule has 2 heteroatoms. The highest BCUT2D eigenvalue weighted by Gasteiger charge is 1.97. The number of hydrogen-bond donors (Lipinski definition) is 0. The normalized spacial score (nSPS) is 10.5. The van der Waals surface area contributed by atoms with Gasteiger partial charge in [0, 0.05) is 6.42 Å². The highest BCUT2D eigenvalue weighted by molar-refractivity contribution is 5.69. The van der Waals surface area contributed by atoms with Crippen LogP contribution in [0.25, 0.3) is 6.08 Å². The van der Waals surface area contributed by atoms with Gasteiger partial charge in [-0.05, 0) is 18.1 Å². The Morgan fingerprint density at radius 1 is 1.33 bits per heavy atom. The van der Waals surface area contributed by atoms with E-state index in [1.54, 1.807) is 0 Å². The third-order valence-corrected chi connectivity index (χ3v) is 1.90. The molecule has 0 bridgehead atoms. The van der Waals surface area contributed by atoms with Crippen LogP contribution in [0.2, 0.25) is 0 Å². The Kier molecular flexibility index (Phi) is 5.23. The van der Waals surface area contributed by atoms with E-state index in [1.165, 1.54) is 0 Å². The molecule has 0 saturated heterocycles. The van der Waals surface area contributed by atoms with Gasteiger partial charge in [0.1, 0.15) is 6.61 Å². The smallest absolute Gasteiger partial charge is 0.306 e. The number of rotatable bonds is 5. The standard InChI is InChI=1S/C13H16O2/c1-2-7-13(14)15-11-6-10-12-8-4-3-5-9-12/h3-6,8-10H,2,7,11H2,1H3/b10-6-. The molecule has 0 unspecified atom stereocenters. The van der Waals surface area contributed by atoms with Gasteiger partial charge in [-0.25, -0.2) is 0 Å². The van der Waals surface area contributed by atoms with Crippen LogP contribution in [0.15, 0.2) is 36.4 Å². The summed E-state index contributed by atoms with van der Waals surface area (Å²) in [4.78, 5) is 11.0. The van der Waals surface area contributed by atoms with Crippen LogP contribution >= 0.6 is 0 Å². The largest absolute Gasteiger partial charge is 0.461 e. The van der Waals surface area contributed by atoms with Crippen LogP contribution in [0.1, 0.15) is 25.3 Å². The lowest BCUT2D eigenvalue weighted by atomic mass is 10.2. The number of esters is 1. The molecule has 15 heavy (non-hydrogen) atoms. The molecule has 0 aliphatic rings. The summed E-state index contributed by atoms with van der Waals surface area (Å²) in [6.45, 7) is 2.31. The summed E-state index contributed by atoms with van der Waals surface area (Å²) in [5.74, 6) is -0.129. The minimum absolute atomic E-state index is 0.129. The summed E-state index contributed by atoms with van der Waals surface area (Å²) in [6.07, 6.45) is 5.13. The zero-order valence-electron chi connectivity index (χ0n) is 8.98. The highest BCUT2D eigenvalue weighted by Crippen LogP contribution is 2.00. The maximum Gasteiger partial charge on any atom is 0.306 e. The molecule has 0 fully saturated rings. The highest BCUT2D eigenvalue weighted by atomic mass is 16.5. The van der Waals surface area contributed by atoms with Crippen LogP contribution in [-0.2, 0) is 9.53 Å². The zero-order valence-corrected chi connectivity index (χ0v) is 8.98. The first-order valence-electron chi connectivity index (χ1n) is 5.20. The van der Waals surface area contributed by atoms with E-state index in [0.717, 1.165) is 12.0 Å². The molecular weight excluding hydrogens is 188 g/mol. The lowest BCUT2D eigenvalue weighted by Crippen LogP contribution is -2.02. The second kappa shape index (κ2) is 6.82. The van der Waals surface area contributed by atoms with Crippen molar-refractivity contribution < 1.29 is 9.53 Å². The first-order valence-corrected chi connectivity index (χ1v) is 5.20. The summed E-state index contributed by atoms with van der Waals surface area (Å²) < 4.78 is 4.98. The Balaban J connectivity index is 2.26. The van der Waals surface area contributed by atoms with Gasteiger partial charge in [0.2, 0.25) is 0 Å². The molecule has 0 aromatic heterocycles. The summed E-state index contributed by atoms with van der Waals surface area (Å²) >= 11 is 0. The van der Waals surface area contributed by atoms with Gasteiger partial charge in [0.15, 0.2) is 0 Å². The van der Waals surface area contributed by atoms with Crippen molar-refractivity contribution in [3.63, 3.8) is 0 Å². The molecule has 1 rings (SSSR count). The second-order valence-electron chi connectivity index (χ2n) is 3.25. The van der Waals surface area contributed by atoms with E-state index < -0.39 is 0 Å². The fourth-order valence-electron chi connectivity index (χ4n) is 1.17. The SMILES string of the molecule is CCCC(=O)OC/C=C\c1ccccc1. The molecule has 0 N–H and O–H groups in total. The Hall–Kier alpha value is -1.57. The summed E-state index contributed by atoms with van der Waals surface area (Å²) in [5.41, 5.74) is 1.11. The quantitative estimate of drug-likeness (QED) is 0.689. The van der Waals surface area contributed by atoms with Crippen LogP contribution in [0.3, 0.4) is 0 Å². The van der Waals surface area contributed by atoms with Crippen molar-refractivity contribution in [2.24, 2.45) is 0 Å². The Morgan fingerprint density at radius 2 is 2.07 bits per heavy atom. The van der Waals surface area contributed by atoms with Gasteiger partial charge in [-0.2, -0.15) is 0 Å². The van der Waals surface area contributed by atoms with Crippen molar-refractivity contribution in [1.82, 2.24) is 0 Å². The minimum atomic E-state index is -0.129. The summed E-state index contributed by atoms with van der Waals surface area (Å²) in [6, 6.07) is 9.93. The van der Waals surface area contributed by atoms with Crippen molar-refractivity contribution in [2.45, 2.75) is 19.8 Å². The monoisotopic (exact) mass is 204 g/mol. The number of carbonyl (C=O) groups excluding carboxylic acids is 1. The van der Waals surface area contributed by atoms with Crippen molar-refractivity contribution >= 4 is 12.0 Å². The minimum Gasteiger partial charge on any atom is -0.461 e. The predicted molar refractivity (Wildman–Crippen MR) is 61.3 cm³/mol. The summed E-state index contributed by atoms with van der Waals surface area (Å²) in [5, 5.41) is 0. The molecule has 0 heterocycles. The fraction of sp³-hybridized carbons (Fsp3) is 0.308. The van der Waals surface area contributed by atoms with Gasteiger partial charge >= 0.3 is 5.97 Å².